The van der Waals surface area contributed by atoms with E-state index in [1.807, 2.05) is 19.2 Å². The molecule has 0 aromatic heterocycles. The van der Waals surface area contributed by atoms with Gasteiger partial charge in [0, 0.05) is 0 Å². The minimum absolute atomic E-state index is 0.697. The number of hydrogen-bond acceptors (Lipinski definition) is 1. The van der Waals surface area contributed by atoms with Crippen molar-refractivity contribution in [2.45, 2.75) is 37.8 Å². The van der Waals surface area contributed by atoms with E-state index in [2.05, 4.69) is 17.4 Å². The third-order valence-electron chi connectivity index (χ3n) is 3.53. The molecular weight excluding hydrogens is 201 g/mol. The van der Waals surface area contributed by atoms with Gasteiger partial charge in [0.1, 0.15) is 5.67 Å². The van der Waals surface area contributed by atoms with Gasteiger partial charge in [0.2, 0.25) is 0 Å². The van der Waals surface area contributed by atoms with Gasteiger partial charge in [0.15, 0.2) is 0 Å². The molecular formula is C14H20FN. The normalized spacial score (nSPS) is 18.9. The summed E-state index contributed by atoms with van der Waals surface area (Å²) < 4.78 is 14.4. The van der Waals surface area contributed by atoms with Gasteiger partial charge in [0.05, 0.1) is 0 Å². The van der Waals surface area contributed by atoms with Gasteiger partial charge >= 0.3 is 0 Å². The molecule has 2 rings (SSSR count). The van der Waals surface area contributed by atoms with Crippen molar-refractivity contribution in [1.82, 2.24) is 5.32 Å². The van der Waals surface area contributed by atoms with Crippen molar-refractivity contribution in [3.63, 3.8) is 0 Å². The lowest BCUT2D eigenvalue weighted by Gasteiger charge is -2.19. The Hall–Kier alpha value is -0.890. The van der Waals surface area contributed by atoms with Crippen LogP contribution in [0.1, 0.15) is 36.8 Å². The van der Waals surface area contributed by atoms with E-state index >= 15 is 0 Å². The molecule has 16 heavy (non-hydrogen) atoms. The average molecular weight is 221 g/mol. The van der Waals surface area contributed by atoms with E-state index in [1.54, 1.807) is 0 Å². The van der Waals surface area contributed by atoms with Crippen LogP contribution in [0.4, 0.5) is 4.39 Å². The Kier molecular flexibility index (Phi) is 3.59. The van der Waals surface area contributed by atoms with Crippen LogP contribution in [0.15, 0.2) is 24.3 Å². The highest BCUT2D eigenvalue weighted by molar-refractivity contribution is 5.28. The second-order valence-corrected chi connectivity index (χ2v) is 4.72. The van der Waals surface area contributed by atoms with Crippen molar-refractivity contribution in [1.29, 1.82) is 0 Å². The fourth-order valence-corrected chi connectivity index (χ4v) is 2.46. The number of rotatable bonds is 4. The van der Waals surface area contributed by atoms with E-state index in [0.717, 1.165) is 31.4 Å². The SMILES string of the molecule is CNCCc1ccc(C2(F)CCCC2)cc1. The molecule has 0 heterocycles. The first-order valence-electron chi connectivity index (χ1n) is 6.17. The molecule has 2 heteroatoms. The maximum Gasteiger partial charge on any atom is 0.136 e. The Balaban J connectivity index is 2.06. The third kappa shape index (κ3) is 2.43. The van der Waals surface area contributed by atoms with E-state index in [-0.39, 0.29) is 0 Å². The second-order valence-electron chi connectivity index (χ2n) is 4.72. The van der Waals surface area contributed by atoms with Crippen molar-refractivity contribution in [2.75, 3.05) is 13.6 Å². The summed E-state index contributed by atoms with van der Waals surface area (Å²) in [5.74, 6) is 0. The second kappa shape index (κ2) is 4.96. The molecule has 0 aliphatic heterocycles. The summed E-state index contributed by atoms with van der Waals surface area (Å²) in [5.41, 5.74) is 1.11. The Labute approximate surface area is 97.1 Å². The van der Waals surface area contributed by atoms with Crippen molar-refractivity contribution in [3.8, 4) is 0 Å². The quantitative estimate of drug-likeness (QED) is 0.823. The molecule has 0 radical (unpaired) electrons. The van der Waals surface area contributed by atoms with Crippen LogP contribution in [0.5, 0.6) is 0 Å². The molecule has 1 aliphatic rings. The van der Waals surface area contributed by atoms with E-state index in [4.69, 9.17) is 0 Å². The molecule has 1 nitrogen and oxygen atoms in total. The lowest BCUT2D eigenvalue weighted by atomic mass is 9.93. The lowest BCUT2D eigenvalue weighted by Crippen LogP contribution is -2.15. The van der Waals surface area contributed by atoms with Gasteiger partial charge in [-0.3, -0.25) is 0 Å². The highest BCUT2D eigenvalue weighted by atomic mass is 19.1. The van der Waals surface area contributed by atoms with Crippen LogP contribution in [0.3, 0.4) is 0 Å². The smallest absolute Gasteiger partial charge is 0.136 e. The molecule has 0 amide bonds. The van der Waals surface area contributed by atoms with Crippen LogP contribution in [0.2, 0.25) is 0 Å². The standard InChI is InChI=1S/C14H20FN/c1-16-11-8-12-4-6-13(7-5-12)14(15)9-2-3-10-14/h4-7,16H,2-3,8-11H2,1H3. The maximum atomic E-state index is 14.4. The summed E-state index contributed by atoms with van der Waals surface area (Å²) in [6.45, 7) is 0.972. The van der Waals surface area contributed by atoms with E-state index < -0.39 is 5.67 Å². The summed E-state index contributed by atoms with van der Waals surface area (Å²) in [4.78, 5) is 0. The molecule has 0 bridgehead atoms. The predicted octanol–water partition coefficient (Wildman–Crippen LogP) is 3.19. The molecule has 1 aliphatic carbocycles. The highest BCUT2D eigenvalue weighted by Crippen LogP contribution is 2.42. The maximum absolute atomic E-state index is 14.4. The van der Waals surface area contributed by atoms with Crippen molar-refractivity contribution in [2.24, 2.45) is 0 Å². The van der Waals surface area contributed by atoms with Crippen molar-refractivity contribution in [3.05, 3.63) is 35.4 Å². The molecule has 0 saturated heterocycles. The Morgan fingerprint density at radius 1 is 1.19 bits per heavy atom. The van der Waals surface area contributed by atoms with Crippen LogP contribution in [-0.2, 0) is 12.1 Å². The first-order valence-corrected chi connectivity index (χ1v) is 6.17. The summed E-state index contributed by atoms with van der Waals surface area (Å²) in [7, 11) is 1.95. The van der Waals surface area contributed by atoms with Crippen LogP contribution in [0.25, 0.3) is 0 Å². The molecule has 1 aromatic rings. The topological polar surface area (TPSA) is 12.0 Å². The van der Waals surface area contributed by atoms with E-state index in [0.29, 0.717) is 12.8 Å². The van der Waals surface area contributed by atoms with Crippen LogP contribution >= 0.6 is 0 Å². The summed E-state index contributed by atoms with van der Waals surface area (Å²) >= 11 is 0. The molecule has 88 valence electrons. The number of nitrogens with one attached hydrogen (secondary N) is 1. The molecule has 1 fully saturated rings. The van der Waals surface area contributed by atoms with Crippen molar-refractivity contribution >= 4 is 0 Å². The van der Waals surface area contributed by atoms with Gasteiger partial charge in [-0.05, 0) is 56.8 Å². The molecule has 1 aromatic carbocycles. The number of hydrogen-bond donors (Lipinski definition) is 1. The van der Waals surface area contributed by atoms with Gasteiger partial charge in [-0.25, -0.2) is 4.39 Å². The first kappa shape index (κ1) is 11.6. The first-order chi connectivity index (χ1) is 7.74. The molecule has 1 saturated carbocycles. The van der Waals surface area contributed by atoms with Crippen LogP contribution in [-0.4, -0.2) is 13.6 Å². The summed E-state index contributed by atoms with van der Waals surface area (Å²) in [6, 6.07) is 8.06. The predicted molar refractivity (Wildman–Crippen MR) is 65.3 cm³/mol. The molecule has 1 N–H and O–H groups in total. The zero-order chi connectivity index (χ0) is 11.4. The minimum Gasteiger partial charge on any atom is -0.319 e. The van der Waals surface area contributed by atoms with Crippen LogP contribution in [0, 0.1) is 0 Å². The molecule has 0 spiro atoms. The lowest BCUT2D eigenvalue weighted by molar-refractivity contribution is 0.175. The van der Waals surface area contributed by atoms with E-state index in [1.165, 1.54) is 5.56 Å². The fourth-order valence-electron chi connectivity index (χ4n) is 2.46. The number of halogens is 1. The fraction of sp³-hybridized carbons (Fsp3) is 0.571. The Morgan fingerprint density at radius 2 is 1.81 bits per heavy atom. The number of benzene rings is 1. The van der Waals surface area contributed by atoms with Gasteiger partial charge in [-0.1, -0.05) is 24.3 Å². The highest BCUT2D eigenvalue weighted by Gasteiger charge is 2.35. The summed E-state index contributed by atoms with van der Waals surface area (Å²) in [5, 5.41) is 3.12. The largest absolute Gasteiger partial charge is 0.319 e. The summed E-state index contributed by atoms with van der Waals surface area (Å²) in [6.07, 6.45) is 4.46. The van der Waals surface area contributed by atoms with Gasteiger partial charge < -0.3 is 5.32 Å². The number of likely N-dealkylation sites (N-methyl/N-ethyl adjacent to an activating group) is 1. The van der Waals surface area contributed by atoms with Gasteiger partial charge in [-0.2, -0.15) is 0 Å². The Bertz CT molecular complexity index is 325. The van der Waals surface area contributed by atoms with Crippen molar-refractivity contribution < 1.29 is 4.39 Å². The van der Waals surface area contributed by atoms with E-state index in [9.17, 15) is 4.39 Å². The minimum atomic E-state index is -1.04. The third-order valence-corrected chi connectivity index (χ3v) is 3.53. The molecule has 0 atom stereocenters. The average Bonchev–Trinajstić information content (AvgIpc) is 2.75. The van der Waals surface area contributed by atoms with Gasteiger partial charge in [0.25, 0.3) is 0 Å². The zero-order valence-electron chi connectivity index (χ0n) is 9.93. The monoisotopic (exact) mass is 221 g/mol. The number of alkyl halides is 1. The zero-order valence-corrected chi connectivity index (χ0v) is 9.93. The van der Waals surface area contributed by atoms with Crippen LogP contribution < -0.4 is 5.32 Å². The van der Waals surface area contributed by atoms with Gasteiger partial charge in [-0.15, -0.1) is 0 Å². The Morgan fingerprint density at radius 3 is 2.38 bits per heavy atom. The molecule has 0 unspecified atom stereocenters.